The van der Waals surface area contributed by atoms with Gasteiger partial charge in [-0.25, -0.2) is 0 Å². The Labute approximate surface area is 69.5 Å². The van der Waals surface area contributed by atoms with Crippen molar-refractivity contribution in [1.29, 1.82) is 0 Å². The standard InChI is InChI=1S/C4H11O3PS2/c1-9-3-7-8(5,6)4-10-2/h3-4H2,1-2H3,(H,5,6). The van der Waals surface area contributed by atoms with Crippen molar-refractivity contribution in [1.82, 2.24) is 0 Å². The molecule has 0 amide bonds. The van der Waals surface area contributed by atoms with Gasteiger partial charge in [-0.15, -0.1) is 11.8 Å². The van der Waals surface area contributed by atoms with Crippen LogP contribution in [0.1, 0.15) is 0 Å². The monoisotopic (exact) mass is 202 g/mol. The Hall–Kier alpha value is 0.850. The van der Waals surface area contributed by atoms with E-state index in [1.165, 1.54) is 23.5 Å². The lowest BCUT2D eigenvalue weighted by molar-refractivity contribution is 0.309. The third-order valence-corrected chi connectivity index (χ3v) is 4.06. The van der Waals surface area contributed by atoms with E-state index in [0.717, 1.165) is 0 Å². The van der Waals surface area contributed by atoms with Crippen molar-refractivity contribution in [2.75, 3.05) is 23.9 Å². The van der Waals surface area contributed by atoms with Gasteiger partial charge in [0.2, 0.25) is 0 Å². The minimum atomic E-state index is -3.27. The summed E-state index contributed by atoms with van der Waals surface area (Å²) in [5.74, 6) is 0.286. The van der Waals surface area contributed by atoms with Crippen molar-refractivity contribution >= 4 is 31.1 Å². The average Bonchev–Trinajstić information content (AvgIpc) is 1.84. The van der Waals surface area contributed by atoms with Crippen molar-refractivity contribution in [2.24, 2.45) is 0 Å². The molecule has 3 nitrogen and oxygen atoms in total. The molecular formula is C4H11O3PS2. The van der Waals surface area contributed by atoms with Crippen LogP contribution in [0.2, 0.25) is 0 Å². The van der Waals surface area contributed by atoms with Crippen molar-refractivity contribution in [3.8, 4) is 0 Å². The molecule has 1 N–H and O–H groups in total. The van der Waals surface area contributed by atoms with E-state index in [-0.39, 0.29) is 11.4 Å². The van der Waals surface area contributed by atoms with Crippen LogP contribution >= 0.6 is 31.1 Å². The molecular weight excluding hydrogens is 191 g/mol. The van der Waals surface area contributed by atoms with E-state index in [1.54, 1.807) is 6.26 Å². The lowest BCUT2D eigenvalue weighted by atomic mass is 11.7. The zero-order chi connectivity index (χ0) is 8.04. The fourth-order valence-corrected chi connectivity index (χ4v) is 3.02. The first-order valence-electron chi connectivity index (χ1n) is 2.56. The summed E-state index contributed by atoms with van der Waals surface area (Å²) in [5, 5.41) is 0. The van der Waals surface area contributed by atoms with Crippen LogP contribution in [0, 0.1) is 0 Å². The van der Waals surface area contributed by atoms with Crippen LogP contribution in [0.5, 0.6) is 0 Å². The van der Waals surface area contributed by atoms with Crippen LogP contribution in [-0.2, 0) is 9.09 Å². The van der Waals surface area contributed by atoms with Gasteiger partial charge in [-0.05, 0) is 12.5 Å². The highest BCUT2D eigenvalue weighted by Gasteiger charge is 2.16. The van der Waals surface area contributed by atoms with E-state index in [0.29, 0.717) is 0 Å². The normalized spacial score (nSPS) is 16.7. The highest BCUT2D eigenvalue weighted by Crippen LogP contribution is 2.44. The summed E-state index contributed by atoms with van der Waals surface area (Å²) < 4.78 is 15.5. The third kappa shape index (κ3) is 5.62. The van der Waals surface area contributed by atoms with Gasteiger partial charge in [-0.3, -0.25) is 9.09 Å². The highest BCUT2D eigenvalue weighted by molar-refractivity contribution is 8.04. The van der Waals surface area contributed by atoms with Crippen LogP contribution in [-0.4, -0.2) is 28.8 Å². The molecule has 0 aliphatic heterocycles. The predicted octanol–water partition coefficient (Wildman–Crippen LogP) is 1.83. The Morgan fingerprint density at radius 2 is 2.10 bits per heavy atom. The molecule has 62 valence electrons. The summed E-state index contributed by atoms with van der Waals surface area (Å²) in [6.45, 7) is 0. The molecule has 0 aromatic carbocycles. The second-order valence-electron chi connectivity index (χ2n) is 1.59. The molecule has 1 unspecified atom stereocenters. The molecule has 0 aromatic heterocycles. The first kappa shape index (κ1) is 10.8. The van der Waals surface area contributed by atoms with Gasteiger partial charge in [-0.1, -0.05) is 0 Å². The summed E-state index contributed by atoms with van der Waals surface area (Å²) in [4.78, 5) is 8.94. The van der Waals surface area contributed by atoms with Gasteiger partial charge in [0.1, 0.15) is 5.94 Å². The molecule has 0 aliphatic carbocycles. The quantitative estimate of drug-likeness (QED) is 0.544. The molecule has 0 saturated carbocycles. The molecule has 0 saturated heterocycles. The smallest absolute Gasteiger partial charge is 0.324 e. The lowest BCUT2D eigenvalue weighted by Crippen LogP contribution is -1.90. The van der Waals surface area contributed by atoms with Crippen LogP contribution in [0.25, 0.3) is 0 Å². The van der Waals surface area contributed by atoms with Crippen LogP contribution in [0.4, 0.5) is 0 Å². The predicted molar refractivity (Wildman–Crippen MR) is 47.7 cm³/mol. The minimum Gasteiger partial charge on any atom is -0.324 e. The van der Waals surface area contributed by atoms with E-state index in [9.17, 15) is 4.57 Å². The Kier molecular flexibility index (Phi) is 5.96. The van der Waals surface area contributed by atoms with Crippen molar-refractivity contribution in [3.63, 3.8) is 0 Å². The molecule has 6 heteroatoms. The molecule has 0 radical (unpaired) electrons. The summed E-state index contributed by atoms with van der Waals surface area (Å²) in [6, 6.07) is 0. The number of hydrogen-bond acceptors (Lipinski definition) is 4. The largest absolute Gasteiger partial charge is 0.338 e. The SMILES string of the molecule is CSCOP(=O)(O)CSC. The van der Waals surface area contributed by atoms with Gasteiger partial charge < -0.3 is 4.89 Å². The van der Waals surface area contributed by atoms with Gasteiger partial charge in [0.15, 0.2) is 0 Å². The number of hydrogen-bond donors (Lipinski definition) is 1. The molecule has 0 rings (SSSR count). The summed E-state index contributed by atoms with van der Waals surface area (Å²) in [7, 11) is -3.27. The van der Waals surface area contributed by atoms with Gasteiger partial charge >= 0.3 is 7.60 Å². The number of thioether (sulfide) groups is 2. The van der Waals surface area contributed by atoms with E-state index in [1.807, 2.05) is 6.26 Å². The molecule has 0 aromatic rings. The molecule has 0 spiro atoms. The zero-order valence-corrected chi connectivity index (χ0v) is 8.47. The van der Waals surface area contributed by atoms with Crippen LogP contribution in [0.3, 0.4) is 0 Å². The van der Waals surface area contributed by atoms with E-state index < -0.39 is 7.60 Å². The molecule has 1 atom stereocenters. The van der Waals surface area contributed by atoms with Crippen LogP contribution in [0.15, 0.2) is 0 Å². The van der Waals surface area contributed by atoms with Gasteiger partial charge in [0.05, 0.1) is 5.49 Å². The zero-order valence-electron chi connectivity index (χ0n) is 5.94. The van der Waals surface area contributed by atoms with E-state index >= 15 is 0 Å². The Balaban J connectivity index is 3.53. The maximum atomic E-state index is 10.9. The first-order valence-corrected chi connectivity index (χ1v) is 7.11. The molecule has 0 aliphatic rings. The van der Waals surface area contributed by atoms with Crippen molar-refractivity contribution < 1.29 is 14.0 Å². The highest BCUT2D eigenvalue weighted by atomic mass is 32.2. The molecule has 10 heavy (non-hydrogen) atoms. The fraction of sp³-hybridized carbons (Fsp3) is 1.00. The second kappa shape index (κ2) is 5.49. The fourth-order valence-electron chi connectivity index (χ4n) is 0.335. The minimum absolute atomic E-state index is 0.174. The Bertz CT molecular complexity index is 130. The topological polar surface area (TPSA) is 46.5 Å². The first-order chi connectivity index (χ1) is 4.62. The second-order valence-corrected chi connectivity index (χ2v) is 5.55. The van der Waals surface area contributed by atoms with E-state index in [4.69, 9.17) is 4.89 Å². The summed E-state index contributed by atoms with van der Waals surface area (Å²) in [5.41, 5.74) is 0.174. The summed E-state index contributed by atoms with van der Waals surface area (Å²) in [6.07, 6.45) is 3.59. The summed E-state index contributed by atoms with van der Waals surface area (Å²) >= 11 is 2.70. The van der Waals surface area contributed by atoms with Gasteiger partial charge in [-0.2, -0.15) is 11.8 Å². The average molecular weight is 202 g/mol. The molecule has 0 fully saturated rings. The lowest BCUT2D eigenvalue weighted by Gasteiger charge is -2.08. The van der Waals surface area contributed by atoms with Crippen molar-refractivity contribution in [2.45, 2.75) is 0 Å². The third-order valence-electron chi connectivity index (χ3n) is 0.665. The van der Waals surface area contributed by atoms with Crippen LogP contribution < -0.4 is 0 Å². The molecule has 0 bridgehead atoms. The van der Waals surface area contributed by atoms with Gasteiger partial charge in [0.25, 0.3) is 0 Å². The Morgan fingerprint density at radius 1 is 1.50 bits per heavy atom. The van der Waals surface area contributed by atoms with Crippen molar-refractivity contribution in [3.05, 3.63) is 0 Å². The van der Waals surface area contributed by atoms with Gasteiger partial charge in [0, 0.05) is 0 Å². The maximum absolute atomic E-state index is 10.9. The maximum Gasteiger partial charge on any atom is 0.338 e. The number of rotatable bonds is 5. The Morgan fingerprint density at radius 3 is 2.50 bits per heavy atom. The van der Waals surface area contributed by atoms with E-state index in [2.05, 4.69) is 4.52 Å². The molecule has 0 heterocycles.